The van der Waals surface area contributed by atoms with Gasteiger partial charge < -0.3 is 19.0 Å². The van der Waals surface area contributed by atoms with Gasteiger partial charge in [-0.1, -0.05) is 41.9 Å². The van der Waals surface area contributed by atoms with E-state index in [0.717, 1.165) is 11.3 Å². The molecule has 5 nitrogen and oxygen atoms in total. The van der Waals surface area contributed by atoms with E-state index >= 15 is 0 Å². The monoisotopic (exact) mass is 401 g/mol. The third kappa shape index (κ3) is 5.76. The minimum Gasteiger partial charge on any atom is -0.493 e. The van der Waals surface area contributed by atoms with E-state index in [2.05, 4.69) is 4.90 Å². The number of aliphatic hydroxyl groups is 1. The maximum Gasteiger partial charge on any atom is 0.161 e. The Hall–Kier alpha value is -2.47. The highest BCUT2D eigenvalue weighted by molar-refractivity contribution is 6.31. The Balaban J connectivity index is 1.63. The van der Waals surface area contributed by atoms with Crippen LogP contribution in [-0.4, -0.2) is 36.4 Å². The van der Waals surface area contributed by atoms with Crippen molar-refractivity contribution in [2.45, 2.75) is 19.2 Å². The summed E-state index contributed by atoms with van der Waals surface area (Å²) in [5.41, 5.74) is 0.994. The molecule has 0 saturated heterocycles. The molecular weight excluding hydrogens is 378 g/mol. The zero-order valence-corrected chi connectivity index (χ0v) is 16.5. The highest BCUT2D eigenvalue weighted by Crippen LogP contribution is 2.26. The summed E-state index contributed by atoms with van der Waals surface area (Å²) in [6.07, 6.45) is 0.951. The second-order valence-electron chi connectivity index (χ2n) is 6.46. The first-order valence-electron chi connectivity index (χ1n) is 9.07. The molecule has 6 heteroatoms. The summed E-state index contributed by atoms with van der Waals surface area (Å²) in [6.45, 7) is 1.70. The molecule has 1 N–H and O–H groups in total. The van der Waals surface area contributed by atoms with Gasteiger partial charge in [0.25, 0.3) is 0 Å². The van der Waals surface area contributed by atoms with Crippen LogP contribution in [0.5, 0.6) is 11.5 Å². The fourth-order valence-corrected chi connectivity index (χ4v) is 3.15. The molecule has 0 aliphatic heterocycles. The van der Waals surface area contributed by atoms with Crippen molar-refractivity contribution in [3.8, 4) is 11.5 Å². The number of ether oxygens (including phenoxy) is 2. The first-order valence-corrected chi connectivity index (χ1v) is 9.45. The SMILES string of the molecule is COc1ccccc1OCC(O)CN(Cc1ccco1)Cc1ccccc1Cl. The Kier molecular flexibility index (Phi) is 7.37. The van der Waals surface area contributed by atoms with Crippen molar-refractivity contribution in [3.05, 3.63) is 83.3 Å². The highest BCUT2D eigenvalue weighted by atomic mass is 35.5. The standard InChI is InChI=1S/C22H24ClNO4/c1-26-21-10-4-5-11-22(21)28-16-18(25)14-24(15-19-8-6-12-27-19)13-17-7-2-3-9-20(17)23/h2-12,18,25H,13-16H2,1H3. The van der Waals surface area contributed by atoms with Crippen molar-refractivity contribution in [1.29, 1.82) is 0 Å². The molecule has 1 aromatic heterocycles. The number of methoxy groups -OCH3 is 1. The van der Waals surface area contributed by atoms with Crippen molar-refractivity contribution < 1.29 is 19.0 Å². The van der Waals surface area contributed by atoms with Crippen LogP contribution in [0.1, 0.15) is 11.3 Å². The predicted molar refractivity (Wildman–Crippen MR) is 109 cm³/mol. The first kappa shape index (κ1) is 20.3. The number of furan rings is 1. The molecule has 0 amide bonds. The molecule has 2 aromatic carbocycles. The minimum absolute atomic E-state index is 0.150. The second kappa shape index (κ2) is 10.2. The maximum atomic E-state index is 10.5. The van der Waals surface area contributed by atoms with Gasteiger partial charge >= 0.3 is 0 Å². The van der Waals surface area contributed by atoms with Crippen molar-refractivity contribution in [3.63, 3.8) is 0 Å². The molecular formula is C22H24ClNO4. The topological polar surface area (TPSA) is 55.1 Å². The summed E-state index contributed by atoms with van der Waals surface area (Å²) in [5.74, 6) is 2.07. The highest BCUT2D eigenvalue weighted by Gasteiger charge is 2.16. The lowest BCUT2D eigenvalue weighted by atomic mass is 10.2. The first-order chi connectivity index (χ1) is 13.7. The summed E-state index contributed by atoms with van der Waals surface area (Å²) >= 11 is 6.31. The fraction of sp³-hybridized carbons (Fsp3) is 0.273. The zero-order valence-electron chi connectivity index (χ0n) is 15.8. The van der Waals surface area contributed by atoms with Gasteiger partial charge in [0.15, 0.2) is 11.5 Å². The number of rotatable bonds is 10. The smallest absolute Gasteiger partial charge is 0.161 e. The van der Waals surface area contributed by atoms with Crippen LogP contribution in [0, 0.1) is 0 Å². The lowest BCUT2D eigenvalue weighted by Crippen LogP contribution is -2.35. The lowest BCUT2D eigenvalue weighted by molar-refractivity contribution is 0.0596. The summed E-state index contributed by atoms with van der Waals surface area (Å²) in [4.78, 5) is 2.08. The van der Waals surface area contributed by atoms with E-state index in [9.17, 15) is 5.11 Å². The molecule has 0 bridgehead atoms. The van der Waals surface area contributed by atoms with Crippen LogP contribution < -0.4 is 9.47 Å². The van der Waals surface area contributed by atoms with E-state index in [0.29, 0.717) is 36.2 Å². The molecule has 3 aromatic rings. The van der Waals surface area contributed by atoms with Gasteiger partial charge in [-0.25, -0.2) is 0 Å². The van der Waals surface area contributed by atoms with Crippen LogP contribution in [0.15, 0.2) is 71.3 Å². The van der Waals surface area contributed by atoms with E-state index in [1.807, 2.05) is 60.7 Å². The van der Waals surface area contributed by atoms with E-state index in [1.165, 1.54) is 0 Å². The van der Waals surface area contributed by atoms with Crippen molar-refractivity contribution in [1.82, 2.24) is 4.90 Å². The quantitative estimate of drug-likeness (QED) is 0.546. The number of halogens is 1. The summed E-state index contributed by atoms with van der Waals surface area (Å²) < 4.78 is 16.5. The van der Waals surface area contributed by atoms with Gasteiger partial charge in [-0.05, 0) is 35.9 Å². The van der Waals surface area contributed by atoms with Crippen molar-refractivity contribution in [2.75, 3.05) is 20.3 Å². The van der Waals surface area contributed by atoms with Gasteiger partial charge in [0, 0.05) is 18.1 Å². The molecule has 0 saturated carbocycles. The van der Waals surface area contributed by atoms with Crippen molar-refractivity contribution in [2.24, 2.45) is 0 Å². The van der Waals surface area contributed by atoms with Crippen LogP contribution in [0.3, 0.4) is 0 Å². The lowest BCUT2D eigenvalue weighted by Gasteiger charge is -2.25. The molecule has 1 heterocycles. The van der Waals surface area contributed by atoms with Gasteiger partial charge in [-0.2, -0.15) is 0 Å². The molecule has 3 rings (SSSR count). The van der Waals surface area contributed by atoms with Crippen LogP contribution >= 0.6 is 11.6 Å². The third-order valence-electron chi connectivity index (χ3n) is 4.28. The zero-order chi connectivity index (χ0) is 19.8. The summed E-state index contributed by atoms with van der Waals surface area (Å²) in [7, 11) is 1.59. The van der Waals surface area contributed by atoms with Gasteiger partial charge in [0.1, 0.15) is 18.5 Å². The van der Waals surface area contributed by atoms with E-state index < -0.39 is 6.10 Å². The molecule has 148 valence electrons. The van der Waals surface area contributed by atoms with Gasteiger partial charge in [-0.15, -0.1) is 0 Å². The van der Waals surface area contributed by atoms with Gasteiger partial charge in [-0.3, -0.25) is 4.90 Å². The molecule has 0 spiro atoms. The Morgan fingerprint density at radius 1 is 1.00 bits per heavy atom. The number of para-hydroxylation sites is 2. The Morgan fingerprint density at radius 2 is 1.75 bits per heavy atom. The summed E-state index contributed by atoms with van der Waals surface area (Å²) in [6, 6.07) is 18.8. The number of aliphatic hydroxyl groups excluding tert-OH is 1. The molecule has 1 unspecified atom stereocenters. The largest absolute Gasteiger partial charge is 0.493 e. The normalized spacial score (nSPS) is 12.1. The third-order valence-corrected chi connectivity index (χ3v) is 4.65. The molecule has 0 aliphatic carbocycles. The molecule has 0 fully saturated rings. The predicted octanol–water partition coefficient (Wildman–Crippen LogP) is 4.38. The van der Waals surface area contributed by atoms with E-state index in [-0.39, 0.29) is 6.61 Å². The molecule has 1 atom stereocenters. The summed E-state index contributed by atoms with van der Waals surface area (Å²) in [5, 5.41) is 11.3. The van der Waals surface area contributed by atoms with Crippen molar-refractivity contribution >= 4 is 11.6 Å². The molecule has 28 heavy (non-hydrogen) atoms. The van der Waals surface area contributed by atoms with E-state index in [1.54, 1.807) is 13.4 Å². The minimum atomic E-state index is -0.692. The number of benzene rings is 2. The Labute approximate surface area is 170 Å². The Bertz CT molecular complexity index is 853. The van der Waals surface area contributed by atoms with Gasteiger partial charge in [0.2, 0.25) is 0 Å². The van der Waals surface area contributed by atoms with E-state index in [4.69, 9.17) is 25.5 Å². The average molecular weight is 402 g/mol. The van der Waals surface area contributed by atoms with Crippen LogP contribution in [0.2, 0.25) is 5.02 Å². The fourth-order valence-electron chi connectivity index (χ4n) is 2.95. The van der Waals surface area contributed by atoms with Crippen LogP contribution in [0.4, 0.5) is 0 Å². The van der Waals surface area contributed by atoms with Crippen LogP contribution in [0.25, 0.3) is 0 Å². The average Bonchev–Trinajstić information content (AvgIpc) is 3.21. The second-order valence-corrected chi connectivity index (χ2v) is 6.86. The number of hydrogen-bond acceptors (Lipinski definition) is 5. The molecule has 0 radical (unpaired) electrons. The maximum absolute atomic E-state index is 10.5. The number of nitrogens with zero attached hydrogens (tertiary/aromatic N) is 1. The molecule has 0 aliphatic rings. The Morgan fingerprint density at radius 3 is 2.46 bits per heavy atom. The van der Waals surface area contributed by atoms with Gasteiger partial charge in [0.05, 0.1) is 19.9 Å². The number of hydrogen-bond donors (Lipinski definition) is 1. The van der Waals surface area contributed by atoms with Crippen LogP contribution in [-0.2, 0) is 13.1 Å².